The predicted octanol–water partition coefficient (Wildman–Crippen LogP) is 2.36. The van der Waals surface area contributed by atoms with Crippen LogP contribution in [0.2, 0.25) is 0 Å². The van der Waals surface area contributed by atoms with Crippen molar-refractivity contribution in [2.24, 2.45) is 0 Å². The van der Waals surface area contributed by atoms with Crippen LogP contribution in [0.5, 0.6) is 0 Å². The molecule has 1 spiro atoms. The number of benzene rings is 1. The molecule has 2 saturated heterocycles. The molecular weight excluding hydrogens is 237 g/mol. The van der Waals surface area contributed by atoms with Crippen LogP contribution in [0.1, 0.15) is 18.0 Å². The zero-order valence-corrected chi connectivity index (χ0v) is 10.4. The molecule has 1 aromatic carbocycles. The van der Waals surface area contributed by atoms with Crippen LogP contribution in [0.25, 0.3) is 0 Å². The van der Waals surface area contributed by atoms with Gasteiger partial charge in [0.2, 0.25) is 0 Å². The lowest BCUT2D eigenvalue weighted by atomic mass is 9.86. The standard InChI is InChI=1S/C13H16FNOS/c14-11-4-2-1-3-10(11)12-13(5-8-17-9-13)16-7-6-15-12/h1-4,12,15H,5-9H2. The molecule has 0 bridgehead atoms. The molecule has 2 aliphatic heterocycles. The van der Waals surface area contributed by atoms with Crippen LogP contribution in [0, 0.1) is 5.82 Å². The van der Waals surface area contributed by atoms with Crippen molar-refractivity contribution in [3.63, 3.8) is 0 Å². The number of rotatable bonds is 1. The van der Waals surface area contributed by atoms with E-state index in [-0.39, 0.29) is 17.5 Å². The fourth-order valence-electron chi connectivity index (χ4n) is 2.73. The van der Waals surface area contributed by atoms with Gasteiger partial charge in [0, 0.05) is 17.9 Å². The topological polar surface area (TPSA) is 21.3 Å². The van der Waals surface area contributed by atoms with E-state index < -0.39 is 0 Å². The van der Waals surface area contributed by atoms with Gasteiger partial charge in [0.15, 0.2) is 0 Å². The van der Waals surface area contributed by atoms with Crippen molar-refractivity contribution >= 4 is 11.8 Å². The van der Waals surface area contributed by atoms with E-state index in [0.717, 1.165) is 36.6 Å². The Morgan fingerprint density at radius 2 is 2.29 bits per heavy atom. The Bertz CT molecular complexity index is 406. The summed E-state index contributed by atoms with van der Waals surface area (Å²) in [5, 5.41) is 3.43. The van der Waals surface area contributed by atoms with Crippen molar-refractivity contribution in [3.05, 3.63) is 35.6 Å². The number of thioether (sulfide) groups is 1. The molecule has 2 aliphatic rings. The molecule has 2 fully saturated rings. The monoisotopic (exact) mass is 253 g/mol. The lowest BCUT2D eigenvalue weighted by molar-refractivity contribution is -0.0804. The zero-order valence-electron chi connectivity index (χ0n) is 9.62. The van der Waals surface area contributed by atoms with E-state index in [1.54, 1.807) is 6.07 Å². The second-order valence-electron chi connectivity index (χ2n) is 4.62. The molecule has 92 valence electrons. The van der Waals surface area contributed by atoms with Gasteiger partial charge < -0.3 is 10.1 Å². The molecule has 17 heavy (non-hydrogen) atoms. The average molecular weight is 253 g/mol. The molecule has 3 rings (SSSR count). The van der Waals surface area contributed by atoms with Crippen LogP contribution in [0.4, 0.5) is 4.39 Å². The van der Waals surface area contributed by atoms with Gasteiger partial charge in [-0.25, -0.2) is 4.39 Å². The molecule has 2 nitrogen and oxygen atoms in total. The first-order valence-electron chi connectivity index (χ1n) is 6.01. The minimum absolute atomic E-state index is 0.00699. The van der Waals surface area contributed by atoms with Crippen LogP contribution in [-0.2, 0) is 4.74 Å². The smallest absolute Gasteiger partial charge is 0.128 e. The lowest BCUT2D eigenvalue weighted by Gasteiger charge is -2.41. The molecule has 0 aromatic heterocycles. The second-order valence-corrected chi connectivity index (χ2v) is 5.73. The van der Waals surface area contributed by atoms with Crippen molar-refractivity contribution in [2.45, 2.75) is 18.1 Å². The van der Waals surface area contributed by atoms with E-state index in [1.807, 2.05) is 23.9 Å². The quantitative estimate of drug-likeness (QED) is 0.830. The molecule has 0 aliphatic carbocycles. The normalized spacial score (nSPS) is 33.1. The summed E-state index contributed by atoms with van der Waals surface area (Å²) in [4.78, 5) is 0. The number of nitrogens with one attached hydrogen (secondary N) is 1. The molecule has 0 saturated carbocycles. The molecular formula is C13H16FNOS. The maximum absolute atomic E-state index is 13.9. The van der Waals surface area contributed by atoms with Gasteiger partial charge in [0.1, 0.15) is 5.82 Å². The number of ether oxygens (including phenoxy) is 1. The summed E-state index contributed by atoms with van der Waals surface area (Å²) in [5.41, 5.74) is 0.542. The highest BCUT2D eigenvalue weighted by Crippen LogP contribution is 2.43. The van der Waals surface area contributed by atoms with Gasteiger partial charge >= 0.3 is 0 Å². The molecule has 0 amide bonds. The predicted molar refractivity (Wildman–Crippen MR) is 67.8 cm³/mol. The van der Waals surface area contributed by atoms with Crippen LogP contribution in [0.3, 0.4) is 0 Å². The molecule has 4 heteroatoms. The van der Waals surface area contributed by atoms with Gasteiger partial charge in [0.05, 0.1) is 18.2 Å². The van der Waals surface area contributed by atoms with E-state index >= 15 is 0 Å². The van der Waals surface area contributed by atoms with Crippen molar-refractivity contribution in [3.8, 4) is 0 Å². The third kappa shape index (κ3) is 1.98. The summed E-state index contributed by atoms with van der Waals surface area (Å²) in [5.74, 6) is 1.93. The van der Waals surface area contributed by atoms with Gasteiger partial charge in [-0.15, -0.1) is 0 Å². The summed E-state index contributed by atoms with van der Waals surface area (Å²) in [6.45, 7) is 1.52. The van der Waals surface area contributed by atoms with E-state index in [2.05, 4.69) is 5.32 Å². The third-order valence-electron chi connectivity index (χ3n) is 3.60. The van der Waals surface area contributed by atoms with Crippen LogP contribution in [-0.4, -0.2) is 30.3 Å². The summed E-state index contributed by atoms with van der Waals surface area (Å²) in [6, 6.07) is 7.02. The van der Waals surface area contributed by atoms with Crippen LogP contribution >= 0.6 is 11.8 Å². The van der Waals surface area contributed by atoms with Crippen LogP contribution in [0.15, 0.2) is 24.3 Å². The largest absolute Gasteiger partial charge is 0.371 e. The van der Waals surface area contributed by atoms with Gasteiger partial charge in [-0.2, -0.15) is 11.8 Å². The molecule has 2 unspecified atom stereocenters. The molecule has 1 N–H and O–H groups in total. The summed E-state index contributed by atoms with van der Waals surface area (Å²) in [7, 11) is 0. The Hall–Kier alpha value is -0.580. The Morgan fingerprint density at radius 3 is 3.06 bits per heavy atom. The SMILES string of the molecule is Fc1ccccc1C1NCCOC12CCSC2. The highest BCUT2D eigenvalue weighted by Gasteiger charge is 2.46. The number of hydrogen-bond donors (Lipinski definition) is 1. The number of hydrogen-bond acceptors (Lipinski definition) is 3. The Balaban J connectivity index is 1.97. The highest BCUT2D eigenvalue weighted by atomic mass is 32.2. The van der Waals surface area contributed by atoms with E-state index in [1.165, 1.54) is 6.07 Å². The maximum atomic E-state index is 13.9. The van der Waals surface area contributed by atoms with Gasteiger partial charge in [0.25, 0.3) is 0 Å². The van der Waals surface area contributed by atoms with E-state index in [9.17, 15) is 4.39 Å². The average Bonchev–Trinajstić information content (AvgIpc) is 2.80. The summed E-state index contributed by atoms with van der Waals surface area (Å²) < 4.78 is 19.9. The van der Waals surface area contributed by atoms with Crippen molar-refractivity contribution in [1.29, 1.82) is 0 Å². The summed E-state index contributed by atoms with van der Waals surface area (Å²) >= 11 is 1.90. The minimum atomic E-state index is -0.203. The van der Waals surface area contributed by atoms with Crippen molar-refractivity contribution in [2.75, 3.05) is 24.7 Å². The van der Waals surface area contributed by atoms with Gasteiger partial charge in [-0.05, 0) is 18.2 Å². The fraction of sp³-hybridized carbons (Fsp3) is 0.538. The Kier molecular flexibility index (Phi) is 3.11. The first kappa shape index (κ1) is 11.5. The molecule has 0 radical (unpaired) electrons. The van der Waals surface area contributed by atoms with E-state index in [0.29, 0.717) is 0 Å². The fourth-order valence-corrected chi connectivity index (χ4v) is 4.11. The van der Waals surface area contributed by atoms with E-state index in [4.69, 9.17) is 4.74 Å². The molecule has 2 heterocycles. The first-order chi connectivity index (χ1) is 8.32. The van der Waals surface area contributed by atoms with Crippen molar-refractivity contribution in [1.82, 2.24) is 5.32 Å². The van der Waals surface area contributed by atoms with Crippen molar-refractivity contribution < 1.29 is 9.13 Å². The Morgan fingerprint density at radius 1 is 1.41 bits per heavy atom. The van der Waals surface area contributed by atoms with Gasteiger partial charge in [-0.3, -0.25) is 0 Å². The highest BCUT2D eigenvalue weighted by molar-refractivity contribution is 7.99. The molecule has 2 atom stereocenters. The summed E-state index contributed by atoms with van der Waals surface area (Å²) in [6.07, 6.45) is 1.00. The maximum Gasteiger partial charge on any atom is 0.128 e. The molecule has 1 aromatic rings. The number of halogens is 1. The Labute approximate surface area is 105 Å². The minimum Gasteiger partial charge on any atom is -0.371 e. The van der Waals surface area contributed by atoms with Crippen LogP contribution < -0.4 is 5.32 Å². The zero-order chi connectivity index (χ0) is 11.7. The second kappa shape index (κ2) is 4.59. The van der Waals surface area contributed by atoms with Gasteiger partial charge in [-0.1, -0.05) is 18.2 Å². The third-order valence-corrected chi connectivity index (χ3v) is 4.78. The lowest BCUT2D eigenvalue weighted by Crippen LogP contribution is -2.52. The number of morpholine rings is 1. The first-order valence-corrected chi connectivity index (χ1v) is 7.17.